The first-order chi connectivity index (χ1) is 15.5. The molecule has 0 N–H and O–H groups in total. The first-order valence-electron chi connectivity index (χ1n) is 11.0. The van der Waals surface area contributed by atoms with E-state index in [2.05, 4.69) is 14.8 Å². The van der Waals surface area contributed by atoms with Crippen LogP contribution in [0.4, 0.5) is 0 Å². The lowest BCUT2D eigenvalue weighted by Crippen LogP contribution is -2.40. The predicted molar refractivity (Wildman–Crippen MR) is 118 cm³/mol. The molecule has 1 aromatic heterocycles. The molecule has 32 heavy (non-hydrogen) atoms. The van der Waals surface area contributed by atoms with Crippen molar-refractivity contribution in [2.24, 2.45) is 0 Å². The lowest BCUT2D eigenvalue weighted by molar-refractivity contribution is -0.137. The van der Waals surface area contributed by atoms with Crippen LogP contribution in [0.5, 0.6) is 0 Å². The Bertz CT molecular complexity index is 1090. The zero-order chi connectivity index (χ0) is 22.1. The molecule has 1 saturated carbocycles. The molecular weight excluding hydrogens is 452 g/mol. The molecule has 3 aliphatic rings. The van der Waals surface area contributed by atoms with Crippen LogP contribution < -0.4 is 0 Å². The molecule has 11 heteroatoms. The maximum absolute atomic E-state index is 13.2. The van der Waals surface area contributed by atoms with E-state index in [4.69, 9.17) is 9.47 Å². The highest BCUT2D eigenvalue weighted by atomic mass is 32.2. The number of sulfonamides is 1. The molecule has 1 aromatic carbocycles. The topological polar surface area (TPSA) is 104 Å². The van der Waals surface area contributed by atoms with E-state index in [-0.39, 0.29) is 22.2 Å². The van der Waals surface area contributed by atoms with Gasteiger partial charge in [-0.3, -0.25) is 9.36 Å². The van der Waals surface area contributed by atoms with Crippen LogP contribution in [0, 0.1) is 0 Å². The van der Waals surface area contributed by atoms with Gasteiger partial charge in [0.25, 0.3) is 0 Å². The summed E-state index contributed by atoms with van der Waals surface area (Å²) < 4.78 is 40.3. The van der Waals surface area contributed by atoms with Gasteiger partial charge in [0.1, 0.15) is 5.25 Å². The lowest BCUT2D eigenvalue weighted by Gasteiger charge is -2.26. The minimum atomic E-state index is -3.61. The fraction of sp³-hybridized carbons (Fsp3) is 0.571. The van der Waals surface area contributed by atoms with Gasteiger partial charge in [-0.2, -0.15) is 4.31 Å². The summed E-state index contributed by atoms with van der Waals surface area (Å²) in [5, 5.41) is 9.27. The fourth-order valence-electron chi connectivity index (χ4n) is 4.49. The molecule has 0 spiro atoms. The number of hydrogen-bond donors (Lipinski definition) is 0. The summed E-state index contributed by atoms with van der Waals surface area (Å²) in [7, 11) is -3.61. The molecule has 172 valence electrons. The number of cyclic esters (lactones) is 1. The first kappa shape index (κ1) is 21.9. The van der Waals surface area contributed by atoms with E-state index in [1.165, 1.54) is 16.1 Å². The average Bonchev–Trinajstić information content (AvgIpc) is 3.57. The molecule has 1 aliphatic carbocycles. The van der Waals surface area contributed by atoms with Gasteiger partial charge >= 0.3 is 5.97 Å². The van der Waals surface area contributed by atoms with Gasteiger partial charge in [0.05, 0.1) is 24.7 Å². The normalized spacial score (nSPS) is 23.0. The van der Waals surface area contributed by atoms with Gasteiger partial charge in [-0.25, -0.2) is 8.42 Å². The van der Waals surface area contributed by atoms with Crippen LogP contribution in [0.3, 0.4) is 0 Å². The van der Waals surface area contributed by atoms with Crippen molar-refractivity contribution in [3.8, 4) is 11.4 Å². The maximum Gasteiger partial charge on any atom is 0.319 e. The van der Waals surface area contributed by atoms with E-state index in [1.807, 2.05) is 6.07 Å². The van der Waals surface area contributed by atoms with Crippen LogP contribution in [0.2, 0.25) is 0 Å². The summed E-state index contributed by atoms with van der Waals surface area (Å²) in [6.07, 6.45) is 4.94. The van der Waals surface area contributed by atoms with Gasteiger partial charge in [-0.05, 0) is 25.0 Å². The van der Waals surface area contributed by atoms with E-state index in [0.29, 0.717) is 55.9 Å². The molecule has 0 radical (unpaired) electrons. The molecule has 1 atom stereocenters. The number of esters is 1. The van der Waals surface area contributed by atoms with Crippen LogP contribution in [0.1, 0.15) is 38.1 Å². The summed E-state index contributed by atoms with van der Waals surface area (Å²) >= 11 is 1.40. The summed E-state index contributed by atoms with van der Waals surface area (Å²) in [6, 6.07) is 7.15. The van der Waals surface area contributed by atoms with Gasteiger partial charge in [-0.15, -0.1) is 10.2 Å². The number of hydrogen-bond acceptors (Lipinski definition) is 8. The Balaban J connectivity index is 1.50. The van der Waals surface area contributed by atoms with Crippen LogP contribution in [-0.2, 0) is 24.3 Å². The van der Waals surface area contributed by atoms with E-state index in [9.17, 15) is 13.2 Å². The number of morpholine rings is 1. The molecular formula is C21H26N4O5S2. The van der Waals surface area contributed by atoms with Gasteiger partial charge < -0.3 is 9.47 Å². The third-order valence-corrected chi connectivity index (χ3v) is 9.29. The van der Waals surface area contributed by atoms with Gasteiger partial charge in [-0.1, -0.05) is 36.7 Å². The molecule has 1 unspecified atom stereocenters. The molecule has 9 nitrogen and oxygen atoms in total. The van der Waals surface area contributed by atoms with Crippen molar-refractivity contribution >= 4 is 27.8 Å². The third kappa shape index (κ3) is 4.18. The summed E-state index contributed by atoms with van der Waals surface area (Å²) in [5.41, 5.74) is 0.708. The zero-order valence-electron chi connectivity index (χ0n) is 17.7. The van der Waals surface area contributed by atoms with Crippen molar-refractivity contribution in [1.82, 2.24) is 19.1 Å². The van der Waals surface area contributed by atoms with E-state index < -0.39 is 10.0 Å². The van der Waals surface area contributed by atoms with E-state index in [1.54, 1.807) is 18.2 Å². The molecule has 0 amide bonds. The highest BCUT2D eigenvalue weighted by molar-refractivity contribution is 8.00. The van der Waals surface area contributed by atoms with E-state index >= 15 is 0 Å². The van der Waals surface area contributed by atoms with Crippen molar-refractivity contribution in [1.29, 1.82) is 0 Å². The second-order valence-corrected chi connectivity index (χ2v) is 11.3. The van der Waals surface area contributed by atoms with Crippen LogP contribution >= 0.6 is 11.8 Å². The Hall–Kier alpha value is -1.95. The van der Waals surface area contributed by atoms with Crippen molar-refractivity contribution in [3.05, 3.63) is 24.3 Å². The third-order valence-electron chi connectivity index (χ3n) is 6.19. The lowest BCUT2D eigenvalue weighted by atomic mass is 10.2. The van der Waals surface area contributed by atoms with Crippen molar-refractivity contribution < 1.29 is 22.7 Å². The number of nitrogens with zero attached hydrogens (tertiary/aromatic N) is 4. The van der Waals surface area contributed by atoms with Gasteiger partial charge in [0.2, 0.25) is 10.0 Å². The SMILES string of the molecule is O=C1OCCC1Sc1nnc(-c2cccc(S(=O)(=O)N3CCOCC3)c2)n1C1CCCC1. The van der Waals surface area contributed by atoms with Crippen molar-refractivity contribution in [2.75, 3.05) is 32.9 Å². The molecule has 0 bridgehead atoms. The number of carbonyl (C=O) groups excluding carboxylic acids is 1. The number of rotatable bonds is 6. The zero-order valence-corrected chi connectivity index (χ0v) is 19.3. The summed E-state index contributed by atoms with van der Waals surface area (Å²) in [5.74, 6) is 0.431. The minimum Gasteiger partial charge on any atom is -0.465 e. The Morgan fingerprint density at radius 3 is 2.53 bits per heavy atom. The Morgan fingerprint density at radius 1 is 1.03 bits per heavy atom. The monoisotopic (exact) mass is 478 g/mol. The number of aromatic nitrogens is 3. The quantitative estimate of drug-likeness (QED) is 0.584. The highest BCUT2D eigenvalue weighted by Crippen LogP contribution is 2.39. The molecule has 3 heterocycles. The van der Waals surface area contributed by atoms with Crippen LogP contribution in [0.15, 0.2) is 34.3 Å². The molecule has 5 rings (SSSR count). The largest absolute Gasteiger partial charge is 0.465 e. The number of thioether (sulfide) groups is 1. The fourth-order valence-corrected chi connectivity index (χ4v) is 7.01. The second kappa shape index (κ2) is 9.12. The predicted octanol–water partition coefficient (Wildman–Crippen LogP) is 2.49. The Kier molecular flexibility index (Phi) is 6.24. The molecule has 3 fully saturated rings. The number of ether oxygens (including phenoxy) is 2. The molecule has 2 saturated heterocycles. The number of carbonyl (C=O) groups is 1. The summed E-state index contributed by atoms with van der Waals surface area (Å²) in [4.78, 5) is 12.3. The number of benzene rings is 1. The van der Waals surface area contributed by atoms with E-state index in [0.717, 1.165) is 25.7 Å². The maximum atomic E-state index is 13.2. The van der Waals surface area contributed by atoms with Crippen LogP contribution in [0.25, 0.3) is 11.4 Å². The molecule has 2 aliphatic heterocycles. The smallest absolute Gasteiger partial charge is 0.319 e. The average molecular weight is 479 g/mol. The van der Waals surface area contributed by atoms with Crippen molar-refractivity contribution in [3.63, 3.8) is 0 Å². The first-order valence-corrected chi connectivity index (χ1v) is 13.3. The summed E-state index contributed by atoms with van der Waals surface area (Å²) in [6.45, 7) is 1.94. The Morgan fingerprint density at radius 2 is 1.81 bits per heavy atom. The second-order valence-electron chi connectivity index (χ2n) is 8.22. The van der Waals surface area contributed by atoms with Crippen LogP contribution in [-0.4, -0.2) is 71.6 Å². The highest BCUT2D eigenvalue weighted by Gasteiger charge is 2.33. The Labute approximate surface area is 191 Å². The van der Waals surface area contributed by atoms with Crippen molar-refractivity contribution in [2.45, 2.75) is 53.4 Å². The molecule has 2 aromatic rings. The van der Waals surface area contributed by atoms with Gasteiger partial charge in [0, 0.05) is 31.1 Å². The standard InChI is InChI=1S/C21H26N4O5S2/c26-20-18(8-11-30-20)31-21-23-22-19(25(21)16-5-1-2-6-16)15-4-3-7-17(14-15)32(27,28)24-9-12-29-13-10-24/h3-4,7,14,16,18H,1-2,5-6,8-13H2. The minimum absolute atomic E-state index is 0.212. The van der Waals surface area contributed by atoms with Gasteiger partial charge in [0.15, 0.2) is 11.0 Å².